The standard InChI is InChI=1S/C20H19F2N3O3/c1-2-12-3-5-13(6-4-12)16-11-17(26)24-20(23-16)25-18(27)14-7-9-15(10-8-14)28-19(21)22/h3-10,16,19H,2,11H2,1H3,(H2,23,24,25,26,27). The summed E-state index contributed by atoms with van der Waals surface area (Å²) < 4.78 is 28.6. The van der Waals surface area contributed by atoms with Crippen LogP contribution in [0.4, 0.5) is 8.78 Å². The number of halogens is 2. The highest BCUT2D eigenvalue weighted by molar-refractivity contribution is 6.10. The topological polar surface area (TPSA) is 79.8 Å². The third-order valence-electron chi connectivity index (χ3n) is 4.27. The molecule has 1 unspecified atom stereocenters. The summed E-state index contributed by atoms with van der Waals surface area (Å²) in [5, 5.41) is 5.07. The summed E-state index contributed by atoms with van der Waals surface area (Å²) >= 11 is 0. The molecule has 2 amide bonds. The Balaban J connectivity index is 1.71. The molecular formula is C20H19F2N3O3. The molecule has 1 aliphatic rings. The second-order valence-electron chi connectivity index (χ2n) is 6.20. The quantitative estimate of drug-likeness (QED) is 0.827. The van der Waals surface area contributed by atoms with E-state index in [0.717, 1.165) is 12.0 Å². The molecule has 0 saturated carbocycles. The van der Waals surface area contributed by atoms with Gasteiger partial charge in [0.15, 0.2) is 0 Å². The molecule has 6 nitrogen and oxygen atoms in total. The van der Waals surface area contributed by atoms with Gasteiger partial charge < -0.3 is 4.74 Å². The number of carbonyl (C=O) groups excluding carboxylic acids is 2. The van der Waals surface area contributed by atoms with Crippen LogP contribution in [-0.2, 0) is 11.2 Å². The van der Waals surface area contributed by atoms with E-state index in [1.165, 1.54) is 29.8 Å². The average Bonchev–Trinajstić information content (AvgIpc) is 2.67. The van der Waals surface area contributed by atoms with E-state index in [1.807, 2.05) is 24.3 Å². The van der Waals surface area contributed by atoms with Crippen molar-refractivity contribution in [3.63, 3.8) is 0 Å². The van der Waals surface area contributed by atoms with E-state index < -0.39 is 18.6 Å². The first-order valence-corrected chi connectivity index (χ1v) is 8.77. The van der Waals surface area contributed by atoms with Crippen molar-refractivity contribution < 1.29 is 23.1 Å². The first kappa shape index (κ1) is 19.5. The van der Waals surface area contributed by atoms with Crippen LogP contribution in [0.15, 0.2) is 53.5 Å². The fraction of sp³-hybridized carbons (Fsp3) is 0.250. The van der Waals surface area contributed by atoms with Gasteiger partial charge in [-0.1, -0.05) is 31.2 Å². The number of guanidine groups is 1. The van der Waals surface area contributed by atoms with E-state index >= 15 is 0 Å². The van der Waals surface area contributed by atoms with E-state index in [-0.39, 0.29) is 29.6 Å². The minimum atomic E-state index is -2.94. The number of aryl methyl sites for hydroxylation is 1. The predicted octanol–water partition coefficient (Wildman–Crippen LogP) is 3.20. The molecule has 0 bridgehead atoms. The number of aliphatic imine (C=N–C) groups is 1. The van der Waals surface area contributed by atoms with Crippen LogP contribution in [0.5, 0.6) is 5.75 Å². The first-order valence-electron chi connectivity index (χ1n) is 8.77. The van der Waals surface area contributed by atoms with Gasteiger partial charge in [-0.2, -0.15) is 8.78 Å². The van der Waals surface area contributed by atoms with Crippen molar-refractivity contribution in [3.8, 4) is 5.75 Å². The van der Waals surface area contributed by atoms with E-state index in [9.17, 15) is 18.4 Å². The van der Waals surface area contributed by atoms with Crippen molar-refractivity contribution in [3.05, 3.63) is 65.2 Å². The Bertz CT molecular complexity index is 881. The lowest BCUT2D eigenvalue weighted by molar-refractivity contribution is -0.120. The minimum absolute atomic E-state index is 0.0505. The molecule has 0 fully saturated rings. The van der Waals surface area contributed by atoms with E-state index in [4.69, 9.17) is 0 Å². The lowest BCUT2D eigenvalue weighted by Gasteiger charge is -2.21. The van der Waals surface area contributed by atoms with Gasteiger partial charge in [0.05, 0.1) is 12.5 Å². The Hall–Kier alpha value is -3.29. The summed E-state index contributed by atoms with van der Waals surface area (Å²) in [7, 11) is 0. The average molecular weight is 387 g/mol. The summed E-state index contributed by atoms with van der Waals surface area (Å²) in [6.07, 6.45) is 1.10. The Labute approximate surface area is 160 Å². The number of hydrogen-bond acceptors (Lipinski definition) is 4. The lowest BCUT2D eigenvalue weighted by Crippen LogP contribution is -2.47. The Kier molecular flexibility index (Phi) is 5.98. The van der Waals surface area contributed by atoms with E-state index in [0.29, 0.717) is 0 Å². The largest absolute Gasteiger partial charge is 0.435 e. The van der Waals surface area contributed by atoms with Crippen LogP contribution in [-0.4, -0.2) is 24.4 Å². The van der Waals surface area contributed by atoms with Crippen molar-refractivity contribution in [2.45, 2.75) is 32.4 Å². The Morgan fingerprint density at radius 1 is 1.21 bits per heavy atom. The van der Waals surface area contributed by atoms with Gasteiger partial charge in [-0.25, -0.2) is 4.99 Å². The van der Waals surface area contributed by atoms with Crippen LogP contribution < -0.4 is 15.4 Å². The van der Waals surface area contributed by atoms with Gasteiger partial charge in [0, 0.05) is 5.56 Å². The summed E-state index contributed by atoms with van der Waals surface area (Å²) in [5.74, 6) is -0.774. The normalized spacial score (nSPS) is 16.4. The van der Waals surface area contributed by atoms with Gasteiger partial charge in [0.25, 0.3) is 5.91 Å². The number of hydrogen-bond donors (Lipinski definition) is 2. The van der Waals surface area contributed by atoms with Crippen molar-refractivity contribution >= 4 is 17.8 Å². The van der Waals surface area contributed by atoms with Gasteiger partial charge >= 0.3 is 6.61 Å². The fourth-order valence-corrected chi connectivity index (χ4v) is 2.79. The number of amides is 2. The number of ether oxygens (including phenoxy) is 1. The molecular weight excluding hydrogens is 368 g/mol. The number of nitrogens with zero attached hydrogens (tertiary/aromatic N) is 1. The second kappa shape index (κ2) is 8.60. The van der Waals surface area contributed by atoms with Gasteiger partial charge in [-0.3, -0.25) is 20.2 Å². The Morgan fingerprint density at radius 2 is 1.89 bits per heavy atom. The first-order chi connectivity index (χ1) is 13.4. The zero-order valence-corrected chi connectivity index (χ0v) is 15.1. The summed E-state index contributed by atoms with van der Waals surface area (Å²) in [6, 6.07) is 12.6. The lowest BCUT2D eigenvalue weighted by atomic mass is 10.0. The molecule has 0 saturated heterocycles. The number of alkyl halides is 2. The smallest absolute Gasteiger partial charge is 0.387 e. The SMILES string of the molecule is CCc1ccc(C2CC(=O)NC(NC(=O)c3ccc(OC(F)F)cc3)=N2)cc1. The summed E-state index contributed by atoms with van der Waals surface area (Å²) in [6.45, 7) is -0.879. The predicted molar refractivity (Wildman–Crippen MR) is 99.3 cm³/mol. The van der Waals surface area contributed by atoms with Crippen molar-refractivity contribution in [2.24, 2.45) is 4.99 Å². The Morgan fingerprint density at radius 3 is 2.50 bits per heavy atom. The monoisotopic (exact) mass is 387 g/mol. The van der Waals surface area contributed by atoms with Gasteiger partial charge in [0.1, 0.15) is 5.75 Å². The van der Waals surface area contributed by atoms with Crippen LogP contribution in [0, 0.1) is 0 Å². The summed E-state index contributed by atoms with van der Waals surface area (Å²) in [5.41, 5.74) is 2.28. The van der Waals surface area contributed by atoms with Crippen molar-refractivity contribution in [1.29, 1.82) is 0 Å². The van der Waals surface area contributed by atoms with Gasteiger partial charge in [-0.05, 0) is 41.8 Å². The van der Waals surface area contributed by atoms with Gasteiger partial charge in [0.2, 0.25) is 11.9 Å². The van der Waals surface area contributed by atoms with Crippen LogP contribution in [0.2, 0.25) is 0 Å². The molecule has 28 heavy (non-hydrogen) atoms. The van der Waals surface area contributed by atoms with Crippen LogP contribution in [0.1, 0.15) is 40.9 Å². The van der Waals surface area contributed by atoms with Crippen molar-refractivity contribution in [2.75, 3.05) is 0 Å². The molecule has 0 spiro atoms. The fourth-order valence-electron chi connectivity index (χ4n) is 2.79. The summed E-state index contributed by atoms with van der Waals surface area (Å²) in [4.78, 5) is 28.8. The van der Waals surface area contributed by atoms with Gasteiger partial charge in [-0.15, -0.1) is 0 Å². The number of benzene rings is 2. The number of rotatable bonds is 5. The third-order valence-corrected chi connectivity index (χ3v) is 4.27. The molecule has 3 rings (SSSR count). The highest BCUT2D eigenvalue weighted by Gasteiger charge is 2.23. The van der Waals surface area contributed by atoms with E-state index in [1.54, 1.807) is 0 Å². The zero-order chi connectivity index (χ0) is 20.1. The maximum Gasteiger partial charge on any atom is 0.387 e. The molecule has 0 aliphatic carbocycles. The van der Waals surface area contributed by atoms with Crippen molar-refractivity contribution in [1.82, 2.24) is 10.6 Å². The molecule has 1 aliphatic heterocycles. The number of carbonyl (C=O) groups is 2. The molecule has 1 heterocycles. The molecule has 8 heteroatoms. The van der Waals surface area contributed by atoms with Crippen LogP contribution in [0.3, 0.4) is 0 Å². The van der Waals surface area contributed by atoms with Crippen LogP contribution >= 0.6 is 0 Å². The van der Waals surface area contributed by atoms with Crippen LogP contribution in [0.25, 0.3) is 0 Å². The minimum Gasteiger partial charge on any atom is -0.435 e. The molecule has 1 atom stereocenters. The molecule has 146 valence electrons. The maximum atomic E-state index is 12.3. The molecule has 2 aromatic rings. The highest BCUT2D eigenvalue weighted by atomic mass is 19.3. The second-order valence-corrected chi connectivity index (χ2v) is 6.20. The third kappa shape index (κ3) is 4.91. The maximum absolute atomic E-state index is 12.3. The van der Waals surface area contributed by atoms with E-state index in [2.05, 4.69) is 27.3 Å². The molecule has 0 aromatic heterocycles. The highest BCUT2D eigenvalue weighted by Crippen LogP contribution is 2.24. The molecule has 2 N–H and O–H groups in total. The molecule has 0 radical (unpaired) electrons. The zero-order valence-electron chi connectivity index (χ0n) is 15.1. The number of nitrogens with one attached hydrogen (secondary N) is 2. The molecule has 2 aromatic carbocycles.